The molecule has 0 radical (unpaired) electrons. The van der Waals surface area contributed by atoms with Crippen LogP contribution in [0.3, 0.4) is 0 Å². The van der Waals surface area contributed by atoms with E-state index in [1.807, 2.05) is 18.2 Å². The first-order chi connectivity index (χ1) is 7.31. The highest BCUT2D eigenvalue weighted by Crippen LogP contribution is 2.26. The second-order valence-electron chi connectivity index (χ2n) is 4.02. The van der Waals surface area contributed by atoms with Gasteiger partial charge in [-0.25, -0.2) is 0 Å². The number of aromatic nitrogens is 1. The minimum atomic E-state index is 0.537. The van der Waals surface area contributed by atoms with Crippen LogP contribution in [0.5, 0.6) is 0 Å². The number of nitrogens with one attached hydrogen (secondary N) is 1. The molecule has 4 nitrogen and oxygen atoms in total. The molecule has 4 heteroatoms. The normalized spacial score (nSPS) is 16.5. The highest BCUT2D eigenvalue weighted by molar-refractivity contribution is 5.78. The number of anilines is 2. The lowest BCUT2D eigenvalue weighted by atomic mass is 9.93. The Morgan fingerprint density at radius 1 is 1.40 bits per heavy atom. The minimum Gasteiger partial charge on any atom is -0.424 e. The number of nitrogen functional groups attached to an aromatic ring is 1. The van der Waals surface area contributed by atoms with Crippen molar-refractivity contribution in [1.29, 1.82) is 0 Å². The number of fused-ring (bicyclic) bond motifs is 1. The summed E-state index contributed by atoms with van der Waals surface area (Å²) < 4.78 is 5.55. The molecule has 1 saturated carbocycles. The van der Waals surface area contributed by atoms with Crippen molar-refractivity contribution < 1.29 is 4.42 Å². The van der Waals surface area contributed by atoms with Crippen molar-refractivity contribution in [3.63, 3.8) is 0 Å². The molecular weight excluding hydrogens is 190 g/mol. The summed E-state index contributed by atoms with van der Waals surface area (Å²) in [6.07, 6.45) is 3.71. The van der Waals surface area contributed by atoms with Crippen molar-refractivity contribution in [3.8, 4) is 0 Å². The summed E-state index contributed by atoms with van der Waals surface area (Å²) >= 11 is 0. The largest absolute Gasteiger partial charge is 0.424 e. The number of hydrogen-bond donors (Lipinski definition) is 2. The van der Waals surface area contributed by atoms with E-state index >= 15 is 0 Å². The van der Waals surface area contributed by atoms with Gasteiger partial charge in [0.1, 0.15) is 5.52 Å². The van der Waals surface area contributed by atoms with Crippen LogP contribution in [0, 0.1) is 0 Å². The lowest BCUT2D eigenvalue weighted by Crippen LogP contribution is -2.26. The van der Waals surface area contributed by atoms with E-state index in [-0.39, 0.29) is 0 Å². The molecule has 15 heavy (non-hydrogen) atoms. The van der Waals surface area contributed by atoms with Gasteiger partial charge in [-0.1, -0.05) is 0 Å². The van der Waals surface area contributed by atoms with Crippen LogP contribution in [-0.4, -0.2) is 11.0 Å². The Labute approximate surface area is 87.5 Å². The standard InChI is InChI=1S/C11H13N3O/c12-7-4-5-10-9(6-7)14-11(15-10)13-8-2-1-3-8/h4-6,8H,1-3,12H2,(H,13,14). The molecule has 78 valence electrons. The molecule has 1 aromatic carbocycles. The first kappa shape index (κ1) is 8.59. The molecule has 0 amide bonds. The number of nitrogens with zero attached hydrogens (tertiary/aromatic N) is 1. The van der Waals surface area contributed by atoms with Gasteiger partial charge in [0.05, 0.1) is 0 Å². The summed E-state index contributed by atoms with van der Waals surface area (Å²) in [6.45, 7) is 0. The number of benzene rings is 1. The molecule has 1 fully saturated rings. The van der Waals surface area contributed by atoms with Crippen molar-refractivity contribution >= 4 is 22.8 Å². The molecule has 1 aliphatic rings. The zero-order chi connectivity index (χ0) is 10.3. The minimum absolute atomic E-state index is 0.537. The first-order valence-corrected chi connectivity index (χ1v) is 5.24. The molecular formula is C11H13N3O. The van der Waals surface area contributed by atoms with Crippen LogP contribution < -0.4 is 11.1 Å². The van der Waals surface area contributed by atoms with Gasteiger partial charge in [0.2, 0.25) is 0 Å². The van der Waals surface area contributed by atoms with Gasteiger partial charge >= 0.3 is 0 Å². The Bertz CT molecular complexity index is 488. The molecule has 0 spiro atoms. The Morgan fingerprint density at radius 2 is 2.27 bits per heavy atom. The average molecular weight is 203 g/mol. The average Bonchev–Trinajstić information content (AvgIpc) is 2.53. The monoisotopic (exact) mass is 203 g/mol. The second-order valence-corrected chi connectivity index (χ2v) is 4.02. The van der Waals surface area contributed by atoms with Gasteiger partial charge in [0, 0.05) is 11.7 Å². The lowest BCUT2D eigenvalue weighted by molar-refractivity contribution is 0.432. The van der Waals surface area contributed by atoms with Crippen LogP contribution in [0.2, 0.25) is 0 Å². The molecule has 0 unspecified atom stereocenters. The van der Waals surface area contributed by atoms with Gasteiger partial charge in [0.15, 0.2) is 5.58 Å². The van der Waals surface area contributed by atoms with Crippen LogP contribution in [-0.2, 0) is 0 Å². The third kappa shape index (κ3) is 1.52. The summed E-state index contributed by atoms with van der Waals surface area (Å²) in [4.78, 5) is 4.34. The highest BCUT2D eigenvalue weighted by Gasteiger charge is 2.19. The van der Waals surface area contributed by atoms with Crippen LogP contribution in [0.25, 0.3) is 11.1 Å². The Balaban J connectivity index is 1.91. The highest BCUT2D eigenvalue weighted by atomic mass is 16.4. The van der Waals surface area contributed by atoms with Gasteiger partial charge in [-0.15, -0.1) is 0 Å². The topological polar surface area (TPSA) is 64.1 Å². The van der Waals surface area contributed by atoms with Crippen molar-refractivity contribution in [2.45, 2.75) is 25.3 Å². The van der Waals surface area contributed by atoms with Crippen molar-refractivity contribution in [3.05, 3.63) is 18.2 Å². The van der Waals surface area contributed by atoms with E-state index in [2.05, 4.69) is 10.3 Å². The van der Waals surface area contributed by atoms with E-state index in [1.165, 1.54) is 19.3 Å². The zero-order valence-electron chi connectivity index (χ0n) is 8.36. The smallest absolute Gasteiger partial charge is 0.295 e. The summed E-state index contributed by atoms with van der Waals surface area (Å²) in [5.74, 6) is 0. The molecule has 0 bridgehead atoms. The molecule has 2 aromatic rings. The number of oxazole rings is 1. The Kier molecular flexibility index (Phi) is 1.80. The number of hydrogen-bond acceptors (Lipinski definition) is 4. The van der Waals surface area contributed by atoms with E-state index in [9.17, 15) is 0 Å². The van der Waals surface area contributed by atoms with Crippen molar-refractivity contribution in [2.75, 3.05) is 11.1 Å². The SMILES string of the molecule is Nc1ccc2oc(NC3CCC3)nc2c1. The van der Waals surface area contributed by atoms with Crippen LogP contribution in [0.15, 0.2) is 22.6 Å². The summed E-state index contributed by atoms with van der Waals surface area (Å²) in [5, 5.41) is 3.27. The second kappa shape index (κ2) is 3.15. The fraction of sp³-hybridized carbons (Fsp3) is 0.364. The fourth-order valence-corrected chi connectivity index (χ4v) is 1.73. The maximum absolute atomic E-state index is 5.67. The molecule has 0 saturated heterocycles. The predicted octanol–water partition coefficient (Wildman–Crippen LogP) is 2.37. The van der Waals surface area contributed by atoms with Gasteiger partial charge < -0.3 is 15.5 Å². The lowest BCUT2D eigenvalue weighted by Gasteiger charge is -2.25. The maximum Gasteiger partial charge on any atom is 0.295 e. The maximum atomic E-state index is 5.67. The van der Waals surface area contributed by atoms with Gasteiger partial charge in [-0.3, -0.25) is 0 Å². The van der Waals surface area contributed by atoms with Gasteiger partial charge in [-0.05, 0) is 37.5 Å². The van der Waals surface area contributed by atoms with Gasteiger partial charge in [-0.2, -0.15) is 4.98 Å². The molecule has 3 rings (SSSR count). The predicted molar refractivity (Wildman–Crippen MR) is 59.7 cm³/mol. The third-order valence-electron chi connectivity index (χ3n) is 2.84. The zero-order valence-corrected chi connectivity index (χ0v) is 8.36. The molecule has 3 N–H and O–H groups in total. The van der Waals surface area contributed by atoms with E-state index in [0.717, 1.165) is 11.1 Å². The molecule has 0 aliphatic heterocycles. The quantitative estimate of drug-likeness (QED) is 0.735. The Hall–Kier alpha value is -1.71. The third-order valence-corrected chi connectivity index (χ3v) is 2.84. The van der Waals surface area contributed by atoms with Gasteiger partial charge in [0.25, 0.3) is 6.01 Å². The van der Waals surface area contributed by atoms with Crippen LogP contribution in [0.1, 0.15) is 19.3 Å². The van der Waals surface area contributed by atoms with Crippen molar-refractivity contribution in [2.24, 2.45) is 0 Å². The van der Waals surface area contributed by atoms with Crippen LogP contribution >= 0.6 is 0 Å². The number of rotatable bonds is 2. The molecule has 1 aliphatic carbocycles. The van der Waals surface area contributed by atoms with Crippen LogP contribution in [0.4, 0.5) is 11.7 Å². The van der Waals surface area contributed by atoms with Crippen molar-refractivity contribution in [1.82, 2.24) is 4.98 Å². The van der Waals surface area contributed by atoms with E-state index in [0.29, 0.717) is 17.7 Å². The molecule has 1 heterocycles. The number of nitrogens with two attached hydrogens (primary N) is 1. The van der Waals surface area contributed by atoms with E-state index in [1.54, 1.807) is 0 Å². The summed E-state index contributed by atoms with van der Waals surface area (Å²) in [7, 11) is 0. The first-order valence-electron chi connectivity index (χ1n) is 5.24. The Morgan fingerprint density at radius 3 is 3.00 bits per heavy atom. The van der Waals surface area contributed by atoms with E-state index in [4.69, 9.17) is 10.2 Å². The fourth-order valence-electron chi connectivity index (χ4n) is 1.73. The molecule has 1 aromatic heterocycles. The summed E-state index contributed by atoms with van der Waals surface area (Å²) in [6, 6.07) is 6.64. The summed E-state index contributed by atoms with van der Waals surface area (Å²) in [5.41, 5.74) is 7.98. The molecule has 0 atom stereocenters. The van der Waals surface area contributed by atoms with E-state index < -0.39 is 0 Å².